The number of nitrogens with zero attached hydrogens (tertiary/aromatic N) is 3. The van der Waals surface area contributed by atoms with Gasteiger partial charge >= 0.3 is 5.97 Å². The summed E-state index contributed by atoms with van der Waals surface area (Å²) in [6.07, 6.45) is 0. The van der Waals surface area contributed by atoms with Crippen molar-refractivity contribution < 1.29 is 19.4 Å². The summed E-state index contributed by atoms with van der Waals surface area (Å²) in [4.78, 5) is 12.5. The first-order valence-electron chi connectivity index (χ1n) is 7.91. The van der Waals surface area contributed by atoms with E-state index in [0.29, 0.717) is 5.56 Å². The lowest BCUT2D eigenvalue weighted by molar-refractivity contribution is -0.394. The summed E-state index contributed by atoms with van der Waals surface area (Å²) in [5.41, 5.74) is -0.576. The fourth-order valence-electron chi connectivity index (χ4n) is 2.77. The van der Waals surface area contributed by atoms with Crippen molar-refractivity contribution in [2.75, 3.05) is 0 Å². The van der Waals surface area contributed by atoms with E-state index >= 15 is 0 Å². The smallest absolute Gasteiger partial charge is 0.337 e. The van der Waals surface area contributed by atoms with Gasteiger partial charge in [0.15, 0.2) is 11.7 Å². The molecule has 136 valence electrons. The standard InChI is InChI=1S/C19H16N4O4/c1-19(2)26-17(24)15(18(25)27-19)14(11-6-4-3-5-7-11)13(10-22)16(23)12(8-20)9-21/h3-7,12-14,23-24H,1-2H3/p-1/t13-,14+/m1/s1. The van der Waals surface area contributed by atoms with Gasteiger partial charge in [0.1, 0.15) is 0 Å². The number of nitrogens with one attached hydrogen (secondary N) is 1. The first-order chi connectivity index (χ1) is 12.8. The Morgan fingerprint density at radius 2 is 1.70 bits per heavy atom. The van der Waals surface area contributed by atoms with Crippen LogP contribution in [-0.2, 0) is 14.3 Å². The molecule has 0 radical (unpaired) electrons. The number of ether oxygens (including phenoxy) is 2. The summed E-state index contributed by atoms with van der Waals surface area (Å²) < 4.78 is 10.2. The highest BCUT2D eigenvalue weighted by Crippen LogP contribution is 2.39. The third-order valence-electron chi connectivity index (χ3n) is 3.96. The molecule has 1 aliphatic heterocycles. The minimum Gasteiger partial charge on any atom is -0.575 e. The summed E-state index contributed by atoms with van der Waals surface area (Å²) in [5.74, 6) is -7.52. The van der Waals surface area contributed by atoms with Crippen LogP contribution in [0.4, 0.5) is 0 Å². The monoisotopic (exact) mass is 363 g/mol. The predicted octanol–water partition coefficient (Wildman–Crippen LogP) is 1.47. The van der Waals surface area contributed by atoms with Crippen LogP contribution in [0.5, 0.6) is 0 Å². The van der Waals surface area contributed by atoms with Crippen LogP contribution in [0.2, 0.25) is 0 Å². The van der Waals surface area contributed by atoms with Gasteiger partial charge in [0, 0.05) is 5.92 Å². The van der Waals surface area contributed by atoms with E-state index in [-0.39, 0.29) is 0 Å². The summed E-state index contributed by atoms with van der Waals surface area (Å²) in [6, 6.07) is 13.2. The molecule has 0 saturated heterocycles. The zero-order valence-electron chi connectivity index (χ0n) is 14.6. The minimum atomic E-state index is -1.49. The Morgan fingerprint density at radius 1 is 1.11 bits per heavy atom. The van der Waals surface area contributed by atoms with E-state index in [2.05, 4.69) is 0 Å². The highest BCUT2D eigenvalue weighted by atomic mass is 16.8. The maximum absolute atomic E-state index is 12.5. The van der Waals surface area contributed by atoms with Crippen LogP contribution in [-0.4, -0.2) is 17.5 Å². The molecule has 1 aliphatic rings. The highest BCUT2D eigenvalue weighted by Gasteiger charge is 2.41. The average Bonchev–Trinajstić information content (AvgIpc) is 2.61. The Balaban J connectivity index is 2.66. The SMILES string of the molecule is CC1(C)OC(=O)C([C@@H](c2ccccc2)[C@@H](C#N)C(=N)C(C#N)C#N)=C([O-])O1. The molecule has 1 aromatic carbocycles. The van der Waals surface area contributed by atoms with Crippen LogP contribution in [0.3, 0.4) is 0 Å². The number of cyclic esters (lactones) is 1. The number of nitriles is 3. The molecule has 0 bridgehead atoms. The van der Waals surface area contributed by atoms with Crippen molar-refractivity contribution in [3.05, 3.63) is 47.4 Å². The molecule has 0 saturated carbocycles. The molecule has 0 unspecified atom stereocenters. The number of benzene rings is 1. The van der Waals surface area contributed by atoms with E-state index in [4.69, 9.17) is 25.4 Å². The first kappa shape index (κ1) is 19.5. The molecule has 0 spiro atoms. The average molecular weight is 363 g/mol. The minimum absolute atomic E-state index is 0.382. The molecule has 8 heteroatoms. The molecule has 2 rings (SSSR count). The molecule has 0 aromatic heterocycles. The van der Waals surface area contributed by atoms with Crippen LogP contribution in [0.1, 0.15) is 25.3 Å². The van der Waals surface area contributed by atoms with Gasteiger partial charge in [-0.25, -0.2) is 4.79 Å². The number of rotatable bonds is 5. The second-order valence-corrected chi connectivity index (χ2v) is 6.23. The molecular formula is C19H15N4O4-. The first-order valence-corrected chi connectivity index (χ1v) is 7.91. The molecule has 1 N–H and O–H groups in total. The Labute approximate surface area is 156 Å². The van der Waals surface area contributed by atoms with Crippen LogP contribution < -0.4 is 5.11 Å². The lowest BCUT2D eigenvalue weighted by Gasteiger charge is -2.41. The molecule has 27 heavy (non-hydrogen) atoms. The molecule has 1 aromatic rings. The van der Waals surface area contributed by atoms with Crippen molar-refractivity contribution in [1.82, 2.24) is 0 Å². The molecule has 2 atom stereocenters. The third-order valence-corrected chi connectivity index (χ3v) is 3.96. The number of esters is 1. The van der Waals surface area contributed by atoms with E-state index in [1.807, 2.05) is 6.07 Å². The fraction of sp³-hybridized carbons (Fsp3) is 0.316. The van der Waals surface area contributed by atoms with Gasteiger partial charge in [0.2, 0.25) is 0 Å². The number of carbonyl (C=O) groups excluding carboxylic acids is 1. The van der Waals surface area contributed by atoms with E-state index in [1.165, 1.54) is 13.8 Å². The highest BCUT2D eigenvalue weighted by molar-refractivity contribution is 5.97. The van der Waals surface area contributed by atoms with Crippen molar-refractivity contribution in [2.24, 2.45) is 11.8 Å². The quantitative estimate of drug-likeness (QED) is 0.613. The van der Waals surface area contributed by atoms with Crippen molar-refractivity contribution in [3.8, 4) is 18.2 Å². The Bertz CT molecular complexity index is 902. The fourth-order valence-corrected chi connectivity index (χ4v) is 2.77. The van der Waals surface area contributed by atoms with E-state index in [9.17, 15) is 15.2 Å². The maximum atomic E-state index is 12.5. The van der Waals surface area contributed by atoms with Crippen molar-refractivity contribution in [2.45, 2.75) is 25.6 Å². The van der Waals surface area contributed by atoms with Gasteiger partial charge in [-0.05, 0) is 19.4 Å². The lowest BCUT2D eigenvalue weighted by atomic mass is 9.76. The normalized spacial score (nSPS) is 17.6. The van der Waals surface area contributed by atoms with E-state index < -0.39 is 46.7 Å². The van der Waals surface area contributed by atoms with Gasteiger partial charge in [0.05, 0.1) is 41.4 Å². The van der Waals surface area contributed by atoms with Crippen LogP contribution in [0, 0.1) is 51.2 Å². The number of carbonyl (C=O) groups is 1. The summed E-state index contributed by atoms with van der Waals surface area (Å²) >= 11 is 0. The van der Waals surface area contributed by atoms with Crippen molar-refractivity contribution >= 4 is 11.7 Å². The van der Waals surface area contributed by atoms with Crippen LogP contribution in [0.25, 0.3) is 0 Å². The molecule has 1 heterocycles. The van der Waals surface area contributed by atoms with Gasteiger partial charge in [-0.3, -0.25) is 0 Å². The van der Waals surface area contributed by atoms with Crippen molar-refractivity contribution in [1.29, 1.82) is 21.2 Å². The molecule has 0 amide bonds. The topological polar surface area (TPSA) is 154 Å². The summed E-state index contributed by atoms with van der Waals surface area (Å²) in [6.45, 7) is 2.78. The van der Waals surface area contributed by atoms with E-state index in [1.54, 1.807) is 42.5 Å². The van der Waals surface area contributed by atoms with Crippen molar-refractivity contribution in [3.63, 3.8) is 0 Å². The van der Waals surface area contributed by atoms with Gasteiger partial charge in [0.25, 0.3) is 0 Å². The molecule has 0 aliphatic carbocycles. The molecule has 0 fully saturated rings. The largest absolute Gasteiger partial charge is 0.575 e. The Hall–Kier alpha value is -3.83. The number of hydrogen-bond donors (Lipinski definition) is 1. The summed E-state index contributed by atoms with van der Waals surface area (Å²) in [7, 11) is 0. The van der Waals surface area contributed by atoms with Gasteiger partial charge < -0.3 is 20.0 Å². The zero-order chi connectivity index (χ0) is 20.2. The van der Waals surface area contributed by atoms with E-state index in [0.717, 1.165) is 0 Å². The number of hydrogen-bond acceptors (Lipinski definition) is 8. The maximum Gasteiger partial charge on any atom is 0.337 e. The van der Waals surface area contributed by atoms with Gasteiger partial charge in [-0.1, -0.05) is 30.3 Å². The van der Waals surface area contributed by atoms with Gasteiger partial charge in [-0.2, -0.15) is 15.8 Å². The molecular weight excluding hydrogens is 348 g/mol. The Kier molecular flexibility index (Phi) is 5.48. The van der Waals surface area contributed by atoms with Crippen LogP contribution in [0.15, 0.2) is 41.9 Å². The zero-order valence-corrected chi connectivity index (χ0v) is 14.6. The Morgan fingerprint density at radius 3 is 2.19 bits per heavy atom. The second kappa shape index (κ2) is 7.59. The molecule has 8 nitrogen and oxygen atoms in total. The second-order valence-electron chi connectivity index (χ2n) is 6.23. The predicted molar refractivity (Wildman–Crippen MR) is 89.0 cm³/mol. The third kappa shape index (κ3) is 3.89. The van der Waals surface area contributed by atoms with Gasteiger partial charge in [-0.15, -0.1) is 0 Å². The lowest BCUT2D eigenvalue weighted by Crippen LogP contribution is -2.43. The summed E-state index contributed by atoms with van der Waals surface area (Å²) in [5, 5.41) is 48.4. The van der Waals surface area contributed by atoms with Crippen LogP contribution >= 0.6 is 0 Å².